The van der Waals surface area contributed by atoms with E-state index >= 15 is 0 Å². The molecule has 1 aromatic rings. The van der Waals surface area contributed by atoms with E-state index in [0.29, 0.717) is 17.6 Å². The summed E-state index contributed by atoms with van der Waals surface area (Å²) in [4.78, 5) is 2.36. The van der Waals surface area contributed by atoms with Gasteiger partial charge in [0.2, 0.25) is 10.0 Å². The number of nitrogens with one attached hydrogen (secondary N) is 1. The zero-order valence-electron chi connectivity index (χ0n) is 12.0. The lowest BCUT2D eigenvalue weighted by atomic mass is 10.5. The molecule has 3 N–H and O–H groups in total. The lowest BCUT2D eigenvalue weighted by Crippen LogP contribution is -2.28. The van der Waals surface area contributed by atoms with Crippen molar-refractivity contribution in [3.63, 3.8) is 0 Å². The van der Waals surface area contributed by atoms with Crippen molar-refractivity contribution in [2.75, 3.05) is 45.3 Å². The topological polar surface area (TPSA) is 91.6 Å². The zero-order chi connectivity index (χ0) is 14.9. The van der Waals surface area contributed by atoms with Crippen LogP contribution in [0.1, 0.15) is 12.8 Å². The second-order valence-corrected chi connectivity index (χ2v) is 8.01. The van der Waals surface area contributed by atoms with Crippen LogP contribution in [0.2, 0.25) is 0 Å². The number of aromatic nitrogens is 1. The van der Waals surface area contributed by atoms with Gasteiger partial charge in [0.05, 0.1) is 0 Å². The number of hydrogen-bond acceptors (Lipinski definition) is 7. The highest BCUT2D eigenvalue weighted by Crippen LogP contribution is 2.33. The van der Waals surface area contributed by atoms with Crippen molar-refractivity contribution in [1.82, 2.24) is 13.6 Å². The number of nitrogens with zero attached hydrogens (tertiary/aromatic N) is 3. The standard InChI is InChI=1S/C11H21N5O2S2/c1-15(2)20(17,18)9-10(12)14-19-11(9)13-6-7-16(3)8-4-5-8/h8,13H,4-7H2,1-3H3,(H2,12,14). The molecule has 0 saturated heterocycles. The smallest absolute Gasteiger partial charge is 0.249 e. The van der Waals surface area contributed by atoms with Crippen LogP contribution >= 0.6 is 11.5 Å². The molecule has 7 nitrogen and oxygen atoms in total. The van der Waals surface area contributed by atoms with Crippen LogP contribution in [0.15, 0.2) is 4.90 Å². The molecule has 0 radical (unpaired) electrons. The molecule has 1 fully saturated rings. The largest absolute Gasteiger partial charge is 0.382 e. The van der Waals surface area contributed by atoms with Gasteiger partial charge >= 0.3 is 0 Å². The molecule has 0 spiro atoms. The van der Waals surface area contributed by atoms with E-state index in [4.69, 9.17) is 5.73 Å². The fraction of sp³-hybridized carbons (Fsp3) is 0.727. The van der Waals surface area contributed by atoms with E-state index in [1.807, 2.05) is 0 Å². The Morgan fingerprint density at radius 1 is 1.40 bits per heavy atom. The molecule has 114 valence electrons. The second kappa shape index (κ2) is 5.84. The fourth-order valence-corrected chi connectivity index (χ4v) is 3.98. The van der Waals surface area contributed by atoms with Crippen LogP contribution < -0.4 is 11.1 Å². The molecule has 0 atom stereocenters. The summed E-state index contributed by atoms with van der Waals surface area (Å²) in [5.74, 6) is 0.0572. The Balaban J connectivity index is 2.05. The quantitative estimate of drug-likeness (QED) is 0.759. The number of anilines is 2. The maximum atomic E-state index is 12.2. The summed E-state index contributed by atoms with van der Waals surface area (Å²) in [5, 5.41) is 3.65. The van der Waals surface area contributed by atoms with E-state index in [-0.39, 0.29) is 10.7 Å². The predicted octanol–water partition coefficient (Wildman–Crippen LogP) is 0.482. The summed E-state index contributed by atoms with van der Waals surface area (Å²) in [5.41, 5.74) is 5.70. The molecule has 0 aliphatic heterocycles. The summed E-state index contributed by atoms with van der Waals surface area (Å²) < 4.78 is 29.5. The number of nitrogens with two attached hydrogens (primary N) is 1. The lowest BCUT2D eigenvalue weighted by molar-refractivity contribution is 0.337. The molecule has 2 rings (SSSR count). The lowest BCUT2D eigenvalue weighted by Gasteiger charge is -2.17. The van der Waals surface area contributed by atoms with Crippen LogP contribution in [-0.2, 0) is 10.0 Å². The molecule has 1 aromatic heterocycles. The Hall–Kier alpha value is -0.900. The van der Waals surface area contributed by atoms with E-state index < -0.39 is 10.0 Å². The first-order chi connectivity index (χ1) is 9.34. The number of sulfonamides is 1. The minimum absolute atomic E-state index is 0.0572. The van der Waals surface area contributed by atoms with Crippen molar-refractivity contribution in [1.29, 1.82) is 0 Å². The van der Waals surface area contributed by atoms with Crippen LogP contribution in [-0.4, -0.2) is 62.3 Å². The van der Waals surface area contributed by atoms with Gasteiger partial charge in [0.15, 0.2) is 10.7 Å². The number of nitrogen functional groups attached to an aromatic ring is 1. The highest BCUT2D eigenvalue weighted by molar-refractivity contribution is 7.89. The van der Waals surface area contributed by atoms with Crippen molar-refractivity contribution in [2.45, 2.75) is 23.8 Å². The molecule has 0 amide bonds. The number of hydrogen-bond donors (Lipinski definition) is 2. The molecule has 1 heterocycles. The van der Waals surface area contributed by atoms with Gasteiger partial charge in [0.1, 0.15) is 5.00 Å². The minimum atomic E-state index is -3.57. The Labute approximate surface area is 124 Å². The van der Waals surface area contributed by atoms with E-state index in [1.165, 1.54) is 26.9 Å². The van der Waals surface area contributed by atoms with Crippen LogP contribution in [0.25, 0.3) is 0 Å². The third-order valence-corrected chi connectivity index (χ3v) is 6.17. The second-order valence-electron chi connectivity index (χ2n) is 5.15. The highest BCUT2D eigenvalue weighted by atomic mass is 32.2. The molecule has 0 aromatic carbocycles. The van der Waals surface area contributed by atoms with Crippen LogP contribution in [0.3, 0.4) is 0 Å². The molecule has 9 heteroatoms. The van der Waals surface area contributed by atoms with Gasteiger partial charge < -0.3 is 16.0 Å². The molecule has 1 aliphatic carbocycles. The summed E-state index contributed by atoms with van der Waals surface area (Å²) in [6.07, 6.45) is 2.51. The van der Waals surface area contributed by atoms with E-state index in [0.717, 1.165) is 22.4 Å². The third-order valence-electron chi connectivity index (χ3n) is 3.33. The van der Waals surface area contributed by atoms with Crippen molar-refractivity contribution < 1.29 is 8.42 Å². The number of rotatable bonds is 7. The molecule has 1 aliphatic rings. The molecular formula is C11H21N5O2S2. The number of likely N-dealkylation sites (N-methyl/N-ethyl adjacent to an activating group) is 1. The van der Waals surface area contributed by atoms with Gasteiger partial charge in [0.25, 0.3) is 0 Å². The van der Waals surface area contributed by atoms with Gasteiger partial charge in [-0.25, -0.2) is 12.7 Å². The van der Waals surface area contributed by atoms with Gasteiger partial charge in [-0.2, -0.15) is 4.37 Å². The van der Waals surface area contributed by atoms with Crippen molar-refractivity contribution in [2.24, 2.45) is 0 Å². The normalized spacial score (nSPS) is 16.1. The molecular weight excluding hydrogens is 298 g/mol. The molecule has 1 saturated carbocycles. The Kier molecular flexibility index (Phi) is 4.52. The summed E-state index contributed by atoms with van der Waals surface area (Å²) >= 11 is 1.09. The Morgan fingerprint density at radius 2 is 2.05 bits per heavy atom. The zero-order valence-corrected chi connectivity index (χ0v) is 13.6. The highest BCUT2D eigenvalue weighted by Gasteiger charge is 2.28. The van der Waals surface area contributed by atoms with Gasteiger partial charge in [0, 0.05) is 33.2 Å². The first-order valence-corrected chi connectivity index (χ1v) is 8.67. The maximum Gasteiger partial charge on any atom is 0.249 e. The van der Waals surface area contributed by atoms with Gasteiger partial charge in [-0.1, -0.05) is 0 Å². The minimum Gasteiger partial charge on any atom is -0.382 e. The average Bonchev–Trinajstić information content (AvgIpc) is 3.14. The predicted molar refractivity (Wildman–Crippen MR) is 81.5 cm³/mol. The van der Waals surface area contributed by atoms with Crippen molar-refractivity contribution in [3.8, 4) is 0 Å². The Morgan fingerprint density at radius 3 is 2.60 bits per heavy atom. The fourth-order valence-electron chi connectivity index (χ4n) is 1.88. The first kappa shape index (κ1) is 15.5. The third kappa shape index (κ3) is 3.22. The summed E-state index contributed by atoms with van der Waals surface area (Å²) in [7, 11) is 1.48. The van der Waals surface area contributed by atoms with E-state index in [2.05, 4.69) is 21.6 Å². The van der Waals surface area contributed by atoms with Crippen molar-refractivity contribution >= 4 is 32.4 Å². The van der Waals surface area contributed by atoms with E-state index in [9.17, 15) is 8.42 Å². The Bertz CT molecular complexity index is 565. The van der Waals surface area contributed by atoms with Gasteiger partial charge in [-0.15, -0.1) is 0 Å². The van der Waals surface area contributed by atoms with Crippen molar-refractivity contribution in [3.05, 3.63) is 0 Å². The molecule has 20 heavy (non-hydrogen) atoms. The van der Waals surface area contributed by atoms with Gasteiger partial charge in [-0.05, 0) is 31.4 Å². The van der Waals surface area contributed by atoms with E-state index in [1.54, 1.807) is 0 Å². The summed E-state index contributed by atoms with van der Waals surface area (Å²) in [6, 6.07) is 0.688. The van der Waals surface area contributed by atoms with Crippen LogP contribution in [0.4, 0.5) is 10.8 Å². The van der Waals surface area contributed by atoms with Crippen LogP contribution in [0, 0.1) is 0 Å². The SMILES string of the molecule is CN(CCNc1snc(N)c1S(=O)(=O)N(C)C)C1CC1. The van der Waals surface area contributed by atoms with Gasteiger partial charge in [-0.3, -0.25) is 0 Å². The monoisotopic (exact) mass is 319 g/mol. The molecule has 0 bridgehead atoms. The summed E-state index contributed by atoms with van der Waals surface area (Å²) in [6.45, 7) is 1.54. The first-order valence-electron chi connectivity index (χ1n) is 6.46. The van der Waals surface area contributed by atoms with Crippen LogP contribution in [0.5, 0.6) is 0 Å². The average molecular weight is 319 g/mol. The maximum absolute atomic E-state index is 12.2. The molecule has 0 unspecified atom stereocenters.